The number of nitrogens with one attached hydrogen (secondary N) is 2. The van der Waals surface area contributed by atoms with E-state index in [1.807, 2.05) is 18.2 Å². The van der Waals surface area contributed by atoms with Crippen LogP contribution in [0.25, 0.3) is 11.0 Å². The van der Waals surface area contributed by atoms with Crippen LogP contribution in [0.3, 0.4) is 0 Å². The van der Waals surface area contributed by atoms with Gasteiger partial charge in [0, 0.05) is 18.8 Å². The number of ether oxygens (including phenoxy) is 2. The maximum absolute atomic E-state index is 12.9. The largest absolute Gasteiger partial charge is 0.497 e. The molecule has 0 radical (unpaired) electrons. The lowest BCUT2D eigenvalue weighted by atomic mass is 10.2. The molecule has 0 atom stereocenters. The fraction of sp³-hybridized carbons (Fsp3) is 0.130. The van der Waals surface area contributed by atoms with Crippen LogP contribution in [0.2, 0.25) is 5.02 Å². The van der Waals surface area contributed by atoms with Gasteiger partial charge in [0.15, 0.2) is 0 Å². The van der Waals surface area contributed by atoms with E-state index in [-0.39, 0.29) is 10.7 Å². The summed E-state index contributed by atoms with van der Waals surface area (Å²) in [7, 11) is 0.499. The molecule has 0 spiro atoms. The predicted octanol–water partition coefficient (Wildman–Crippen LogP) is 4.11. The summed E-state index contributed by atoms with van der Waals surface area (Å²) < 4.78 is 39.2. The van der Waals surface area contributed by atoms with E-state index in [2.05, 4.69) is 15.0 Å². The molecule has 0 saturated heterocycles. The average molecular weight is 501 g/mol. The van der Waals surface area contributed by atoms with Gasteiger partial charge in [-0.3, -0.25) is 4.79 Å². The number of rotatable bonds is 7. The van der Waals surface area contributed by atoms with Gasteiger partial charge in [0.2, 0.25) is 5.82 Å². The minimum Gasteiger partial charge on any atom is -0.497 e. The summed E-state index contributed by atoms with van der Waals surface area (Å²) in [6.07, 6.45) is 0. The highest BCUT2D eigenvalue weighted by molar-refractivity contribution is 7.90. The second kappa shape index (κ2) is 9.24. The zero-order valence-electron chi connectivity index (χ0n) is 18.5. The fourth-order valence-electron chi connectivity index (χ4n) is 3.42. The van der Waals surface area contributed by atoms with Crippen LogP contribution < -0.4 is 19.5 Å². The third-order valence-electron chi connectivity index (χ3n) is 5.12. The van der Waals surface area contributed by atoms with Crippen LogP contribution >= 0.6 is 11.6 Å². The van der Waals surface area contributed by atoms with Crippen LogP contribution in [-0.2, 0) is 17.1 Å². The van der Waals surface area contributed by atoms with Crippen LogP contribution in [0.5, 0.6) is 11.5 Å². The van der Waals surface area contributed by atoms with Crippen molar-refractivity contribution in [2.45, 2.75) is 4.90 Å². The molecule has 4 rings (SSSR count). The number of benzene rings is 3. The van der Waals surface area contributed by atoms with Gasteiger partial charge in [-0.2, -0.15) is 0 Å². The number of aryl methyl sites for hydroxylation is 1. The molecule has 2 N–H and O–H groups in total. The van der Waals surface area contributed by atoms with Crippen LogP contribution in [0, 0.1) is 0 Å². The molecule has 1 heterocycles. The molecular formula is C23H21ClN4O5S. The number of carbonyl (C=O) groups excluding carboxylic acids is 1. The monoisotopic (exact) mass is 500 g/mol. The Morgan fingerprint density at radius 1 is 1.00 bits per heavy atom. The SMILES string of the molecule is COc1ccc(S(=O)(=O)NC(=O)c2nc3c(Nc4cccc(OC)c4)ccc(Cl)c3n2C)cc1. The summed E-state index contributed by atoms with van der Waals surface area (Å²) in [5.74, 6) is 0.151. The smallest absolute Gasteiger partial charge is 0.301 e. The number of fused-ring (bicyclic) bond motifs is 1. The summed E-state index contributed by atoms with van der Waals surface area (Å²) in [6.45, 7) is 0. The molecule has 4 aromatic rings. The fourth-order valence-corrected chi connectivity index (χ4v) is 4.64. The van der Waals surface area contributed by atoms with Crippen molar-refractivity contribution in [1.82, 2.24) is 14.3 Å². The molecule has 0 aliphatic carbocycles. The predicted molar refractivity (Wildman–Crippen MR) is 130 cm³/mol. The molecule has 0 aliphatic heterocycles. The van der Waals surface area contributed by atoms with E-state index >= 15 is 0 Å². The Bertz CT molecular complexity index is 1480. The standard InChI is InChI=1S/C23H21ClN4O5S/c1-28-21-18(24)11-12-19(25-14-5-4-6-16(13-14)33-3)20(21)26-22(28)23(29)27-34(30,31)17-9-7-15(32-2)8-10-17/h4-13,25H,1-3H3,(H,27,29). The molecule has 1 amide bonds. The van der Waals surface area contributed by atoms with E-state index < -0.39 is 15.9 Å². The molecule has 0 aliphatic rings. The number of nitrogens with zero attached hydrogens (tertiary/aromatic N) is 2. The van der Waals surface area contributed by atoms with Crippen molar-refractivity contribution < 1.29 is 22.7 Å². The van der Waals surface area contributed by atoms with Gasteiger partial charge < -0.3 is 19.4 Å². The molecular weight excluding hydrogens is 480 g/mol. The highest BCUT2D eigenvalue weighted by atomic mass is 35.5. The maximum atomic E-state index is 12.9. The molecule has 0 saturated carbocycles. The number of hydrogen-bond acceptors (Lipinski definition) is 7. The number of amides is 1. The van der Waals surface area contributed by atoms with Crippen molar-refractivity contribution in [2.24, 2.45) is 7.05 Å². The molecule has 176 valence electrons. The first-order chi connectivity index (χ1) is 16.2. The Kier molecular flexibility index (Phi) is 6.36. The number of aromatic nitrogens is 2. The first-order valence-electron chi connectivity index (χ1n) is 10.0. The lowest BCUT2D eigenvalue weighted by Crippen LogP contribution is -2.32. The number of carbonyl (C=O) groups is 1. The quantitative estimate of drug-likeness (QED) is 0.393. The van der Waals surface area contributed by atoms with E-state index in [0.29, 0.717) is 33.2 Å². The number of imidazole rings is 1. The summed E-state index contributed by atoms with van der Waals surface area (Å²) in [5, 5.41) is 3.60. The van der Waals surface area contributed by atoms with Crippen molar-refractivity contribution in [3.05, 3.63) is 71.5 Å². The summed E-state index contributed by atoms with van der Waals surface area (Å²) in [4.78, 5) is 17.3. The van der Waals surface area contributed by atoms with Gasteiger partial charge in [-0.05, 0) is 48.5 Å². The first kappa shape index (κ1) is 23.4. The van der Waals surface area contributed by atoms with Crippen LogP contribution in [0.4, 0.5) is 11.4 Å². The minimum atomic E-state index is -4.13. The Morgan fingerprint density at radius 3 is 2.38 bits per heavy atom. The van der Waals surface area contributed by atoms with Crippen molar-refractivity contribution in [3.8, 4) is 11.5 Å². The van der Waals surface area contributed by atoms with E-state index in [0.717, 1.165) is 5.69 Å². The number of hydrogen-bond donors (Lipinski definition) is 2. The lowest BCUT2D eigenvalue weighted by molar-refractivity contribution is 0.0969. The second-order valence-electron chi connectivity index (χ2n) is 7.25. The van der Waals surface area contributed by atoms with E-state index in [4.69, 9.17) is 21.1 Å². The van der Waals surface area contributed by atoms with E-state index in [9.17, 15) is 13.2 Å². The zero-order chi connectivity index (χ0) is 24.5. The van der Waals surface area contributed by atoms with Gasteiger partial charge in [0.25, 0.3) is 10.0 Å². The third kappa shape index (κ3) is 4.50. The summed E-state index contributed by atoms with van der Waals surface area (Å²) in [6, 6.07) is 16.4. The van der Waals surface area contributed by atoms with Crippen molar-refractivity contribution in [2.75, 3.05) is 19.5 Å². The molecule has 3 aromatic carbocycles. The molecule has 0 bridgehead atoms. The van der Waals surface area contributed by atoms with Gasteiger partial charge in [0.1, 0.15) is 17.0 Å². The second-order valence-corrected chi connectivity index (χ2v) is 9.34. The number of anilines is 2. The van der Waals surface area contributed by atoms with Crippen LogP contribution in [0.15, 0.2) is 65.6 Å². The highest BCUT2D eigenvalue weighted by Crippen LogP contribution is 2.32. The van der Waals surface area contributed by atoms with Crippen molar-refractivity contribution >= 4 is 49.9 Å². The third-order valence-corrected chi connectivity index (χ3v) is 6.77. The number of sulfonamides is 1. The lowest BCUT2D eigenvalue weighted by Gasteiger charge is -2.09. The maximum Gasteiger partial charge on any atom is 0.301 e. The Balaban J connectivity index is 1.68. The first-order valence-corrected chi connectivity index (χ1v) is 11.9. The van der Waals surface area contributed by atoms with Gasteiger partial charge in [0.05, 0.1) is 35.3 Å². The van der Waals surface area contributed by atoms with Gasteiger partial charge in [-0.15, -0.1) is 0 Å². The molecule has 0 fully saturated rings. The van der Waals surface area contributed by atoms with E-state index in [1.165, 1.54) is 35.9 Å². The number of halogens is 1. The zero-order valence-corrected chi connectivity index (χ0v) is 20.1. The van der Waals surface area contributed by atoms with Crippen LogP contribution in [-0.4, -0.2) is 38.1 Å². The summed E-state index contributed by atoms with van der Waals surface area (Å²) >= 11 is 6.39. The number of methoxy groups -OCH3 is 2. The topological polar surface area (TPSA) is 112 Å². The molecule has 11 heteroatoms. The molecule has 0 unspecified atom stereocenters. The van der Waals surface area contributed by atoms with Gasteiger partial charge in [-0.25, -0.2) is 18.1 Å². The van der Waals surface area contributed by atoms with Crippen molar-refractivity contribution in [3.63, 3.8) is 0 Å². The average Bonchev–Trinajstić information content (AvgIpc) is 3.19. The Hall–Kier alpha value is -3.76. The Labute approximate surface area is 201 Å². The molecule has 34 heavy (non-hydrogen) atoms. The highest BCUT2D eigenvalue weighted by Gasteiger charge is 2.24. The van der Waals surface area contributed by atoms with Crippen molar-refractivity contribution in [1.29, 1.82) is 0 Å². The van der Waals surface area contributed by atoms with Gasteiger partial charge >= 0.3 is 5.91 Å². The Morgan fingerprint density at radius 2 is 1.71 bits per heavy atom. The van der Waals surface area contributed by atoms with Gasteiger partial charge in [-0.1, -0.05) is 17.7 Å². The van der Waals surface area contributed by atoms with E-state index in [1.54, 1.807) is 32.4 Å². The normalized spacial score (nSPS) is 11.3. The minimum absolute atomic E-state index is 0.0844. The molecule has 1 aromatic heterocycles. The molecule has 9 nitrogen and oxygen atoms in total. The summed E-state index contributed by atoms with van der Waals surface area (Å²) in [5.41, 5.74) is 2.20. The van der Waals surface area contributed by atoms with Crippen LogP contribution in [0.1, 0.15) is 10.6 Å².